The quantitative estimate of drug-likeness (QED) is 0.112. The van der Waals surface area contributed by atoms with E-state index >= 15 is 0 Å². The van der Waals surface area contributed by atoms with Crippen LogP contribution >= 0.6 is 0 Å². The first-order chi connectivity index (χ1) is 18.5. The molecule has 2 amide bonds. The zero-order valence-electron chi connectivity index (χ0n) is 22.7. The average molecular weight is 526 g/mol. The van der Waals surface area contributed by atoms with E-state index in [0.29, 0.717) is 17.9 Å². The third-order valence-electron chi connectivity index (χ3n) is 6.51. The maximum Gasteiger partial charge on any atom is 0.269 e. The summed E-state index contributed by atoms with van der Waals surface area (Å²) in [5, 5.41) is 10.7. The molecule has 0 aromatic heterocycles. The summed E-state index contributed by atoms with van der Waals surface area (Å²) in [6, 6.07) is 11.8. The van der Waals surface area contributed by atoms with Crippen LogP contribution in [-0.4, -0.2) is 23.3 Å². The first kappa shape index (κ1) is 30.8. The van der Waals surface area contributed by atoms with E-state index in [9.17, 15) is 19.7 Å². The molecule has 8 nitrogen and oxygen atoms in total. The number of unbranched alkanes of at least 4 members (excludes halogenated alkanes) is 13. The fourth-order valence-corrected chi connectivity index (χ4v) is 4.18. The van der Waals surface area contributed by atoms with Crippen molar-refractivity contribution >= 4 is 17.5 Å². The number of ether oxygens (including phenoxy) is 1. The van der Waals surface area contributed by atoms with Crippen LogP contribution in [0.5, 0.6) is 5.75 Å². The van der Waals surface area contributed by atoms with Crippen molar-refractivity contribution in [1.82, 2.24) is 10.9 Å². The Labute approximate surface area is 226 Å². The van der Waals surface area contributed by atoms with Gasteiger partial charge in [-0.05, 0) is 42.8 Å². The molecule has 2 aromatic carbocycles. The predicted octanol–water partition coefficient (Wildman–Crippen LogP) is 7.53. The number of nitrogens with zero attached hydrogens (tertiary/aromatic N) is 1. The van der Waals surface area contributed by atoms with Crippen molar-refractivity contribution in [2.45, 2.75) is 96.8 Å². The third kappa shape index (κ3) is 12.7. The Kier molecular flexibility index (Phi) is 15.2. The fraction of sp³-hybridized carbons (Fsp3) is 0.533. The molecule has 0 saturated heterocycles. The van der Waals surface area contributed by atoms with Crippen LogP contribution in [-0.2, 0) is 0 Å². The normalized spacial score (nSPS) is 10.7. The molecule has 0 atom stereocenters. The molecule has 0 heterocycles. The number of nitro benzene ring substituents is 1. The van der Waals surface area contributed by atoms with Gasteiger partial charge in [-0.2, -0.15) is 0 Å². The van der Waals surface area contributed by atoms with Crippen molar-refractivity contribution in [3.8, 4) is 5.75 Å². The Morgan fingerprint density at radius 2 is 1.05 bits per heavy atom. The van der Waals surface area contributed by atoms with E-state index in [4.69, 9.17) is 4.74 Å². The van der Waals surface area contributed by atoms with Crippen molar-refractivity contribution in [3.63, 3.8) is 0 Å². The lowest BCUT2D eigenvalue weighted by molar-refractivity contribution is -0.384. The summed E-state index contributed by atoms with van der Waals surface area (Å²) < 4.78 is 5.78. The highest BCUT2D eigenvalue weighted by atomic mass is 16.6. The third-order valence-corrected chi connectivity index (χ3v) is 6.51. The number of nitrogens with one attached hydrogen (secondary N) is 2. The molecule has 0 spiro atoms. The second-order valence-corrected chi connectivity index (χ2v) is 9.68. The van der Waals surface area contributed by atoms with Gasteiger partial charge in [-0.3, -0.25) is 30.6 Å². The van der Waals surface area contributed by atoms with Crippen molar-refractivity contribution in [2.24, 2.45) is 0 Å². The average Bonchev–Trinajstić information content (AvgIpc) is 2.94. The molecule has 38 heavy (non-hydrogen) atoms. The molecule has 0 aliphatic heterocycles. The molecular formula is C30H43N3O5. The molecule has 0 saturated carbocycles. The molecule has 0 aliphatic rings. The summed E-state index contributed by atoms with van der Waals surface area (Å²) in [5.41, 5.74) is 5.10. The van der Waals surface area contributed by atoms with Crippen LogP contribution in [0.2, 0.25) is 0 Å². The van der Waals surface area contributed by atoms with Gasteiger partial charge in [0.2, 0.25) is 0 Å². The van der Waals surface area contributed by atoms with Gasteiger partial charge < -0.3 is 4.74 Å². The highest BCUT2D eigenvalue weighted by Crippen LogP contribution is 2.15. The van der Waals surface area contributed by atoms with Gasteiger partial charge in [-0.25, -0.2) is 0 Å². The molecule has 0 fully saturated rings. The van der Waals surface area contributed by atoms with Gasteiger partial charge in [0.05, 0.1) is 11.5 Å². The van der Waals surface area contributed by atoms with Crippen LogP contribution in [0.15, 0.2) is 48.5 Å². The largest absolute Gasteiger partial charge is 0.494 e. The molecule has 2 aromatic rings. The van der Waals surface area contributed by atoms with Crippen molar-refractivity contribution in [1.29, 1.82) is 0 Å². The summed E-state index contributed by atoms with van der Waals surface area (Å²) >= 11 is 0. The minimum Gasteiger partial charge on any atom is -0.494 e. The second kappa shape index (κ2) is 18.8. The Morgan fingerprint density at radius 1 is 0.658 bits per heavy atom. The maximum absolute atomic E-state index is 12.3. The van der Waals surface area contributed by atoms with Gasteiger partial charge in [0.25, 0.3) is 17.5 Å². The minimum absolute atomic E-state index is 0.114. The van der Waals surface area contributed by atoms with Crippen LogP contribution in [0, 0.1) is 10.1 Å². The number of carbonyl (C=O) groups excluding carboxylic acids is 2. The lowest BCUT2D eigenvalue weighted by atomic mass is 10.0. The molecule has 8 heteroatoms. The highest BCUT2D eigenvalue weighted by molar-refractivity contribution is 5.99. The van der Waals surface area contributed by atoms with Gasteiger partial charge >= 0.3 is 0 Å². The smallest absolute Gasteiger partial charge is 0.269 e. The van der Waals surface area contributed by atoms with Gasteiger partial charge in [0.1, 0.15) is 5.75 Å². The minimum atomic E-state index is -0.568. The summed E-state index contributed by atoms with van der Waals surface area (Å²) in [6.45, 7) is 2.91. The number of amides is 2. The summed E-state index contributed by atoms with van der Waals surface area (Å²) in [6.07, 6.45) is 18.5. The molecule has 2 N–H and O–H groups in total. The van der Waals surface area contributed by atoms with Gasteiger partial charge in [0.15, 0.2) is 0 Å². The monoisotopic (exact) mass is 525 g/mol. The summed E-state index contributed by atoms with van der Waals surface area (Å²) in [4.78, 5) is 34.6. The van der Waals surface area contributed by atoms with E-state index in [2.05, 4.69) is 17.8 Å². The van der Waals surface area contributed by atoms with Crippen LogP contribution in [0.3, 0.4) is 0 Å². The van der Waals surface area contributed by atoms with E-state index in [1.54, 1.807) is 24.3 Å². The molecular weight excluding hydrogens is 482 g/mol. The first-order valence-electron chi connectivity index (χ1n) is 14.1. The molecule has 208 valence electrons. The van der Waals surface area contributed by atoms with Crippen LogP contribution in [0.1, 0.15) is 118 Å². The van der Waals surface area contributed by atoms with E-state index in [1.807, 2.05) is 0 Å². The lowest BCUT2D eigenvalue weighted by Crippen LogP contribution is -2.41. The lowest BCUT2D eigenvalue weighted by Gasteiger charge is -2.09. The Bertz CT molecular complexity index is 961. The molecule has 0 radical (unpaired) electrons. The maximum atomic E-state index is 12.3. The number of benzene rings is 2. The van der Waals surface area contributed by atoms with Gasteiger partial charge in [-0.15, -0.1) is 0 Å². The second-order valence-electron chi connectivity index (χ2n) is 9.68. The number of hydrogen-bond acceptors (Lipinski definition) is 5. The zero-order valence-corrected chi connectivity index (χ0v) is 22.7. The van der Waals surface area contributed by atoms with E-state index in [0.717, 1.165) is 12.8 Å². The molecule has 0 aliphatic carbocycles. The SMILES string of the molecule is CCCCCCCCCCCCCCCCOc1ccc(C(=O)NNC(=O)c2ccc([N+](=O)[O-])cc2)cc1. The predicted molar refractivity (Wildman–Crippen MR) is 150 cm³/mol. The van der Waals surface area contributed by atoms with Crippen molar-refractivity contribution < 1.29 is 19.2 Å². The van der Waals surface area contributed by atoms with E-state index in [1.165, 1.54) is 101 Å². The van der Waals surface area contributed by atoms with Crippen molar-refractivity contribution in [2.75, 3.05) is 6.61 Å². The number of carbonyl (C=O) groups is 2. The molecule has 0 bridgehead atoms. The standard InChI is InChI=1S/C30H43N3O5/c1-2-3-4-5-6-7-8-9-10-11-12-13-14-15-24-38-28-22-18-26(19-23-28)30(35)32-31-29(34)25-16-20-27(21-17-25)33(36)37/h16-23H,2-15,24H2,1H3,(H,31,34)(H,32,35). The van der Waals surface area contributed by atoms with Gasteiger partial charge in [-0.1, -0.05) is 90.4 Å². The van der Waals surface area contributed by atoms with Crippen LogP contribution in [0.4, 0.5) is 5.69 Å². The number of rotatable bonds is 19. The summed E-state index contributed by atoms with van der Waals surface area (Å²) in [7, 11) is 0. The molecule has 0 unspecified atom stereocenters. The van der Waals surface area contributed by atoms with E-state index < -0.39 is 16.7 Å². The van der Waals surface area contributed by atoms with Gasteiger partial charge in [0, 0.05) is 23.3 Å². The fourth-order valence-electron chi connectivity index (χ4n) is 4.18. The van der Waals surface area contributed by atoms with Crippen LogP contribution in [0.25, 0.3) is 0 Å². The first-order valence-corrected chi connectivity index (χ1v) is 14.1. The van der Waals surface area contributed by atoms with E-state index in [-0.39, 0.29) is 11.3 Å². The number of non-ortho nitro benzene ring substituents is 1. The van der Waals surface area contributed by atoms with Crippen molar-refractivity contribution in [3.05, 3.63) is 69.8 Å². The summed E-state index contributed by atoms with van der Waals surface area (Å²) in [5.74, 6) is -0.341. The topological polar surface area (TPSA) is 111 Å². The Morgan fingerprint density at radius 3 is 1.47 bits per heavy atom. The number of hydrazine groups is 1. The highest BCUT2D eigenvalue weighted by Gasteiger charge is 2.11. The Hall–Kier alpha value is -3.42. The molecule has 2 rings (SSSR count). The number of hydrogen-bond donors (Lipinski definition) is 2. The zero-order chi connectivity index (χ0) is 27.4. The Balaban J connectivity index is 1.50. The number of nitro groups is 1. The van der Waals surface area contributed by atoms with Crippen LogP contribution < -0.4 is 15.6 Å².